The third-order valence-electron chi connectivity index (χ3n) is 4.58. The first kappa shape index (κ1) is 21.9. The van der Waals surface area contributed by atoms with Crippen LogP contribution in [0.25, 0.3) is 11.0 Å². The van der Waals surface area contributed by atoms with E-state index in [1.807, 2.05) is 6.08 Å². The number of aromatic hydroxyl groups is 1. The monoisotopic (exact) mass is 388 g/mol. The van der Waals surface area contributed by atoms with E-state index >= 15 is 0 Å². The van der Waals surface area contributed by atoms with Gasteiger partial charge in [-0.15, -0.1) is 0 Å². The average Bonchev–Trinajstić information content (AvgIpc) is 2.69. The Morgan fingerprint density at radius 3 is 2.54 bits per heavy atom. The van der Waals surface area contributed by atoms with Crippen LogP contribution in [0.1, 0.15) is 71.6 Å². The first-order valence-corrected chi connectivity index (χ1v) is 10.4. The Morgan fingerprint density at radius 2 is 1.79 bits per heavy atom. The second-order valence-electron chi connectivity index (χ2n) is 6.97. The summed E-state index contributed by atoms with van der Waals surface area (Å²) in [6.45, 7) is 4.95. The standard InChI is InChI=1S/C23H32O5/c1-3-5-7-9-10-12-16-27-22-21(24)19-14-13-18(17-20(19)28-23(22)25)26-15-11-8-6-4-2/h12-14,16-17,24H,3-11,15H2,1-2H3. The molecule has 2 aromatic rings. The summed E-state index contributed by atoms with van der Waals surface area (Å²) in [5, 5.41) is 10.8. The molecule has 0 bridgehead atoms. The third-order valence-corrected chi connectivity index (χ3v) is 4.58. The van der Waals surface area contributed by atoms with Gasteiger partial charge in [0.2, 0.25) is 0 Å². The van der Waals surface area contributed by atoms with E-state index in [9.17, 15) is 9.90 Å². The van der Waals surface area contributed by atoms with Gasteiger partial charge in [0.05, 0.1) is 18.3 Å². The van der Waals surface area contributed by atoms with E-state index in [0.717, 1.165) is 25.7 Å². The molecule has 0 aliphatic rings. The first-order valence-electron chi connectivity index (χ1n) is 10.4. The molecule has 28 heavy (non-hydrogen) atoms. The number of unbranched alkanes of at least 4 members (excludes halogenated alkanes) is 7. The maximum absolute atomic E-state index is 12.2. The molecule has 0 radical (unpaired) electrons. The van der Waals surface area contributed by atoms with Gasteiger partial charge in [0.25, 0.3) is 5.75 Å². The van der Waals surface area contributed by atoms with Crippen LogP contribution in [0.15, 0.2) is 39.7 Å². The number of allylic oxidation sites excluding steroid dienone is 1. The molecule has 0 spiro atoms. The zero-order valence-electron chi connectivity index (χ0n) is 17.0. The van der Waals surface area contributed by atoms with Crippen molar-refractivity contribution in [2.24, 2.45) is 0 Å². The number of rotatable bonds is 13. The second kappa shape index (κ2) is 12.1. The molecule has 154 valence electrons. The highest BCUT2D eigenvalue weighted by atomic mass is 16.5. The van der Waals surface area contributed by atoms with Crippen molar-refractivity contribution in [1.29, 1.82) is 0 Å². The minimum absolute atomic E-state index is 0.189. The Hall–Kier alpha value is -2.43. The molecule has 0 aliphatic carbocycles. The van der Waals surface area contributed by atoms with Gasteiger partial charge in [0.1, 0.15) is 11.3 Å². The smallest absolute Gasteiger partial charge is 0.383 e. The minimum atomic E-state index is -0.708. The van der Waals surface area contributed by atoms with Gasteiger partial charge in [-0.2, -0.15) is 0 Å². The fraction of sp³-hybridized carbons (Fsp3) is 0.522. The van der Waals surface area contributed by atoms with E-state index in [-0.39, 0.29) is 17.1 Å². The molecular weight excluding hydrogens is 356 g/mol. The molecule has 5 heteroatoms. The summed E-state index contributed by atoms with van der Waals surface area (Å²) in [5.74, 6) is 0.217. The maximum atomic E-state index is 12.2. The fourth-order valence-electron chi connectivity index (χ4n) is 2.93. The topological polar surface area (TPSA) is 68.9 Å². The van der Waals surface area contributed by atoms with E-state index in [4.69, 9.17) is 13.9 Å². The minimum Gasteiger partial charge on any atom is -0.504 e. The van der Waals surface area contributed by atoms with Crippen molar-refractivity contribution >= 4 is 11.0 Å². The zero-order chi connectivity index (χ0) is 20.2. The van der Waals surface area contributed by atoms with E-state index in [1.165, 1.54) is 38.4 Å². The Bertz CT molecular complexity index is 806. The lowest BCUT2D eigenvalue weighted by molar-refractivity contribution is 0.305. The van der Waals surface area contributed by atoms with Crippen LogP contribution < -0.4 is 15.1 Å². The Morgan fingerprint density at radius 1 is 1.04 bits per heavy atom. The molecule has 0 fully saturated rings. The number of benzene rings is 1. The normalized spacial score (nSPS) is 11.4. The van der Waals surface area contributed by atoms with Gasteiger partial charge >= 0.3 is 5.63 Å². The van der Waals surface area contributed by atoms with Crippen molar-refractivity contribution in [3.63, 3.8) is 0 Å². The van der Waals surface area contributed by atoms with Gasteiger partial charge in [-0.25, -0.2) is 4.79 Å². The lowest BCUT2D eigenvalue weighted by Crippen LogP contribution is -2.04. The molecule has 0 saturated carbocycles. The summed E-state index contributed by atoms with van der Waals surface area (Å²) in [6.07, 6.45) is 13.3. The summed E-state index contributed by atoms with van der Waals surface area (Å²) < 4.78 is 16.4. The van der Waals surface area contributed by atoms with Crippen LogP contribution in [0.3, 0.4) is 0 Å². The molecule has 0 atom stereocenters. The Balaban J connectivity index is 2.00. The van der Waals surface area contributed by atoms with Crippen LogP contribution >= 0.6 is 0 Å². The van der Waals surface area contributed by atoms with Gasteiger partial charge < -0.3 is 19.0 Å². The summed E-state index contributed by atoms with van der Waals surface area (Å²) in [4.78, 5) is 12.2. The summed E-state index contributed by atoms with van der Waals surface area (Å²) in [5.41, 5.74) is -0.426. The zero-order valence-corrected chi connectivity index (χ0v) is 17.0. The molecule has 0 unspecified atom stereocenters. The number of fused-ring (bicyclic) bond motifs is 1. The van der Waals surface area contributed by atoms with Crippen molar-refractivity contribution < 1.29 is 19.0 Å². The second-order valence-corrected chi connectivity index (χ2v) is 6.97. The lowest BCUT2D eigenvalue weighted by Gasteiger charge is -2.08. The van der Waals surface area contributed by atoms with Crippen molar-refractivity contribution in [3.8, 4) is 17.2 Å². The molecule has 5 nitrogen and oxygen atoms in total. The molecule has 1 N–H and O–H groups in total. The third kappa shape index (κ3) is 6.63. The van der Waals surface area contributed by atoms with Gasteiger partial charge in [0.15, 0.2) is 5.75 Å². The predicted molar refractivity (Wildman–Crippen MR) is 112 cm³/mol. The quantitative estimate of drug-likeness (QED) is 0.247. The van der Waals surface area contributed by atoms with Crippen LogP contribution in [0.5, 0.6) is 17.2 Å². The molecule has 1 heterocycles. The van der Waals surface area contributed by atoms with Gasteiger partial charge in [0, 0.05) is 6.07 Å². The van der Waals surface area contributed by atoms with E-state index in [1.54, 1.807) is 18.2 Å². The number of hydrogen-bond acceptors (Lipinski definition) is 5. The highest BCUT2D eigenvalue weighted by Crippen LogP contribution is 2.33. The number of ether oxygens (including phenoxy) is 2. The number of hydrogen-bond donors (Lipinski definition) is 1. The Labute approximate surface area is 167 Å². The molecular formula is C23H32O5. The van der Waals surface area contributed by atoms with Crippen molar-refractivity contribution in [3.05, 3.63) is 41.0 Å². The Kier molecular flexibility index (Phi) is 9.46. The van der Waals surface area contributed by atoms with Crippen LogP contribution in [0.4, 0.5) is 0 Å². The van der Waals surface area contributed by atoms with Crippen molar-refractivity contribution in [2.45, 2.75) is 71.6 Å². The van der Waals surface area contributed by atoms with Crippen molar-refractivity contribution in [2.75, 3.05) is 6.61 Å². The first-order chi connectivity index (χ1) is 13.7. The maximum Gasteiger partial charge on any atom is 0.383 e. The summed E-state index contributed by atoms with van der Waals surface area (Å²) >= 11 is 0. The van der Waals surface area contributed by atoms with Crippen LogP contribution in [0, 0.1) is 0 Å². The molecule has 2 rings (SSSR count). The lowest BCUT2D eigenvalue weighted by atomic mass is 10.1. The molecule has 0 saturated heterocycles. The average molecular weight is 389 g/mol. The SMILES string of the molecule is CCCCCCC=COc1c(O)c2ccc(OCCCCCC)cc2oc1=O. The van der Waals surface area contributed by atoms with E-state index < -0.39 is 5.63 Å². The summed E-state index contributed by atoms with van der Waals surface area (Å²) in [7, 11) is 0. The van der Waals surface area contributed by atoms with Crippen LogP contribution in [-0.4, -0.2) is 11.7 Å². The largest absolute Gasteiger partial charge is 0.504 e. The summed E-state index contributed by atoms with van der Waals surface area (Å²) in [6, 6.07) is 5.06. The van der Waals surface area contributed by atoms with E-state index in [2.05, 4.69) is 13.8 Å². The van der Waals surface area contributed by atoms with Gasteiger partial charge in [-0.05, 0) is 37.5 Å². The van der Waals surface area contributed by atoms with Crippen LogP contribution in [0.2, 0.25) is 0 Å². The molecule has 0 aliphatic heterocycles. The van der Waals surface area contributed by atoms with Crippen molar-refractivity contribution in [1.82, 2.24) is 0 Å². The van der Waals surface area contributed by atoms with Gasteiger partial charge in [-0.1, -0.05) is 52.4 Å². The van der Waals surface area contributed by atoms with Crippen LogP contribution in [-0.2, 0) is 0 Å². The highest BCUT2D eigenvalue weighted by molar-refractivity contribution is 5.86. The van der Waals surface area contributed by atoms with E-state index in [0.29, 0.717) is 17.7 Å². The molecule has 1 aromatic heterocycles. The predicted octanol–water partition coefficient (Wildman–Crippen LogP) is 6.32. The van der Waals surface area contributed by atoms with Gasteiger partial charge in [-0.3, -0.25) is 0 Å². The molecule has 0 amide bonds. The fourth-order valence-corrected chi connectivity index (χ4v) is 2.93. The molecule has 1 aromatic carbocycles. The highest BCUT2D eigenvalue weighted by Gasteiger charge is 2.15.